The highest BCUT2D eigenvalue weighted by molar-refractivity contribution is 6.31. The summed E-state index contributed by atoms with van der Waals surface area (Å²) in [6.07, 6.45) is 3.59. The van der Waals surface area contributed by atoms with Gasteiger partial charge in [-0.1, -0.05) is 24.1 Å². The van der Waals surface area contributed by atoms with E-state index in [4.69, 9.17) is 17.3 Å². The Morgan fingerprint density at radius 1 is 1.48 bits per heavy atom. The summed E-state index contributed by atoms with van der Waals surface area (Å²) in [6.45, 7) is 1.85. The first-order valence-corrected chi connectivity index (χ1v) is 7.36. The fraction of sp³-hybridized carbons (Fsp3) is 0.533. The summed E-state index contributed by atoms with van der Waals surface area (Å²) < 4.78 is 13.0. The van der Waals surface area contributed by atoms with Crippen LogP contribution in [0.3, 0.4) is 0 Å². The van der Waals surface area contributed by atoms with Crippen molar-refractivity contribution in [3.05, 3.63) is 34.6 Å². The molecule has 0 spiro atoms. The summed E-state index contributed by atoms with van der Waals surface area (Å²) >= 11 is 6.01. The van der Waals surface area contributed by atoms with E-state index in [0.29, 0.717) is 5.02 Å². The molecule has 3 unspecified atom stereocenters. The Labute approximate surface area is 135 Å². The molecule has 0 aromatic heterocycles. The zero-order chi connectivity index (χ0) is 14.7. The predicted molar refractivity (Wildman–Crippen MR) is 85.1 cm³/mol. The van der Waals surface area contributed by atoms with Crippen molar-refractivity contribution < 1.29 is 9.18 Å². The molecule has 21 heavy (non-hydrogen) atoms. The topological polar surface area (TPSA) is 55.1 Å². The van der Waals surface area contributed by atoms with Crippen LogP contribution in [0.5, 0.6) is 0 Å². The minimum atomic E-state index is -0.379. The molecule has 0 radical (unpaired) electrons. The summed E-state index contributed by atoms with van der Waals surface area (Å²) in [5, 5.41) is 3.28. The fourth-order valence-electron chi connectivity index (χ4n) is 2.73. The van der Waals surface area contributed by atoms with Gasteiger partial charge in [0.05, 0.1) is 6.04 Å². The van der Waals surface area contributed by atoms with Crippen LogP contribution in [0.2, 0.25) is 5.02 Å². The van der Waals surface area contributed by atoms with Gasteiger partial charge in [-0.3, -0.25) is 4.79 Å². The Balaban J connectivity index is 0.00000220. The normalized spacial score (nSPS) is 23.0. The van der Waals surface area contributed by atoms with Crippen LogP contribution in [-0.2, 0) is 4.79 Å². The Hall–Kier alpha value is -0.840. The second-order valence-corrected chi connectivity index (χ2v) is 5.93. The van der Waals surface area contributed by atoms with Gasteiger partial charge < -0.3 is 11.1 Å². The molecule has 3 atom stereocenters. The van der Waals surface area contributed by atoms with Gasteiger partial charge in [-0.2, -0.15) is 0 Å². The molecular formula is C15H21Cl2FN2O. The Bertz CT molecular complexity index is 499. The van der Waals surface area contributed by atoms with Gasteiger partial charge in [0.15, 0.2) is 0 Å². The Morgan fingerprint density at radius 2 is 2.19 bits per heavy atom. The van der Waals surface area contributed by atoms with Gasteiger partial charge in [-0.25, -0.2) is 4.39 Å². The number of carbonyl (C=O) groups excluding carboxylic acids is 1. The van der Waals surface area contributed by atoms with Crippen LogP contribution in [0, 0.1) is 11.7 Å². The van der Waals surface area contributed by atoms with E-state index in [1.54, 1.807) is 6.07 Å². The molecule has 1 aliphatic rings. The zero-order valence-corrected chi connectivity index (χ0v) is 13.5. The van der Waals surface area contributed by atoms with Crippen molar-refractivity contribution in [1.82, 2.24) is 5.32 Å². The third-order valence-corrected chi connectivity index (χ3v) is 4.20. The van der Waals surface area contributed by atoms with Crippen molar-refractivity contribution in [2.75, 3.05) is 0 Å². The predicted octanol–water partition coefficient (Wildman–Crippen LogP) is 3.60. The fourth-order valence-corrected chi connectivity index (χ4v) is 3.06. The molecule has 6 heteroatoms. The average molecular weight is 335 g/mol. The van der Waals surface area contributed by atoms with Crippen LogP contribution < -0.4 is 11.1 Å². The highest BCUT2D eigenvalue weighted by atomic mass is 35.5. The second kappa shape index (κ2) is 7.97. The molecule has 1 fully saturated rings. The molecule has 0 aliphatic heterocycles. The lowest BCUT2D eigenvalue weighted by Crippen LogP contribution is -2.38. The molecule has 2 rings (SSSR count). The van der Waals surface area contributed by atoms with Crippen LogP contribution >= 0.6 is 24.0 Å². The van der Waals surface area contributed by atoms with E-state index in [1.165, 1.54) is 12.1 Å². The number of amides is 1. The van der Waals surface area contributed by atoms with Crippen LogP contribution in [0.15, 0.2) is 18.2 Å². The molecule has 1 amide bonds. The molecule has 118 valence electrons. The minimum absolute atomic E-state index is 0. The van der Waals surface area contributed by atoms with E-state index >= 15 is 0 Å². The quantitative estimate of drug-likeness (QED) is 0.887. The number of halogens is 3. The van der Waals surface area contributed by atoms with Gasteiger partial charge in [-0.05, 0) is 43.9 Å². The lowest BCUT2D eigenvalue weighted by molar-refractivity contribution is -0.126. The molecule has 0 bridgehead atoms. The van der Waals surface area contributed by atoms with E-state index < -0.39 is 0 Å². The summed E-state index contributed by atoms with van der Waals surface area (Å²) in [4.78, 5) is 12.2. The first-order valence-electron chi connectivity index (χ1n) is 6.98. The van der Waals surface area contributed by atoms with Crippen LogP contribution in [0.1, 0.15) is 44.2 Å². The van der Waals surface area contributed by atoms with Crippen molar-refractivity contribution >= 4 is 29.9 Å². The van der Waals surface area contributed by atoms with Crippen LogP contribution in [-0.4, -0.2) is 11.9 Å². The van der Waals surface area contributed by atoms with E-state index in [1.807, 2.05) is 6.92 Å². The van der Waals surface area contributed by atoms with Gasteiger partial charge in [0.25, 0.3) is 0 Å². The number of benzene rings is 1. The van der Waals surface area contributed by atoms with Gasteiger partial charge in [-0.15, -0.1) is 12.4 Å². The van der Waals surface area contributed by atoms with Crippen molar-refractivity contribution in [3.63, 3.8) is 0 Å². The first-order chi connectivity index (χ1) is 9.47. The van der Waals surface area contributed by atoms with E-state index in [-0.39, 0.29) is 42.1 Å². The highest BCUT2D eigenvalue weighted by Gasteiger charge is 2.26. The van der Waals surface area contributed by atoms with Crippen molar-refractivity contribution in [2.45, 2.75) is 44.7 Å². The van der Waals surface area contributed by atoms with E-state index in [9.17, 15) is 9.18 Å². The first kappa shape index (κ1) is 18.2. The number of hydrogen-bond donors (Lipinski definition) is 2. The monoisotopic (exact) mass is 334 g/mol. The lowest BCUT2D eigenvalue weighted by atomic mass is 9.85. The number of carbonyl (C=O) groups is 1. The Morgan fingerprint density at radius 3 is 2.81 bits per heavy atom. The van der Waals surface area contributed by atoms with Crippen molar-refractivity contribution in [2.24, 2.45) is 11.7 Å². The minimum Gasteiger partial charge on any atom is -0.349 e. The second-order valence-electron chi connectivity index (χ2n) is 5.52. The summed E-state index contributed by atoms with van der Waals surface area (Å²) in [5.74, 6) is -0.399. The van der Waals surface area contributed by atoms with Crippen LogP contribution in [0.25, 0.3) is 0 Å². The number of hydrogen-bond acceptors (Lipinski definition) is 2. The maximum atomic E-state index is 13.0. The third-order valence-electron chi connectivity index (χ3n) is 3.87. The van der Waals surface area contributed by atoms with Gasteiger partial charge in [0.1, 0.15) is 5.82 Å². The molecule has 1 aromatic carbocycles. The molecule has 1 aromatic rings. The maximum absolute atomic E-state index is 13.0. The Kier molecular flexibility index (Phi) is 6.91. The summed E-state index contributed by atoms with van der Waals surface area (Å²) in [7, 11) is 0. The average Bonchev–Trinajstić information content (AvgIpc) is 2.38. The lowest BCUT2D eigenvalue weighted by Gasteiger charge is -2.27. The molecule has 1 aliphatic carbocycles. The smallest absolute Gasteiger partial charge is 0.223 e. The molecule has 1 saturated carbocycles. The molecule has 3 N–H and O–H groups in total. The zero-order valence-electron chi connectivity index (χ0n) is 11.9. The SMILES string of the molecule is CC(NC(=O)C1CCCC(N)C1)c1ccc(F)cc1Cl.Cl. The standard InChI is InChI=1S/C15H20ClFN2O.ClH/c1-9(13-6-5-11(17)8-14(13)16)19-15(20)10-3-2-4-12(18)7-10;/h5-6,8-10,12H,2-4,7,18H2,1H3,(H,19,20);1H. The third kappa shape index (κ3) is 4.83. The summed E-state index contributed by atoms with van der Waals surface area (Å²) in [6, 6.07) is 4.09. The van der Waals surface area contributed by atoms with E-state index in [2.05, 4.69) is 5.32 Å². The van der Waals surface area contributed by atoms with Crippen molar-refractivity contribution in [1.29, 1.82) is 0 Å². The van der Waals surface area contributed by atoms with Gasteiger partial charge in [0.2, 0.25) is 5.91 Å². The number of nitrogens with two attached hydrogens (primary N) is 1. The van der Waals surface area contributed by atoms with E-state index in [0.717, 1.165) is 31.2 Å². The molecular weight excluding hydrogens is 314 g/mol. The molecule has 0 saturated heterocycles. The molecule has 0 heterocycles. The number of rotatable bonds is 3. The van der Waals surface area contributed by atoms with Crippen molar-refractivity contribution in [3.8, 4) is 0 Å². The largest absolute Gasteiger partial charge is 0.349 e. The highest BCUT2D eigenvalue weighted by Crippen LogP contribution is 2.26. The summed E-state index contributed by atoms with van der Waals surface area (Å²) in [5.41, 5.74) is 6.63. The maximum Gasteiger partial charge on any atom is 0.223 e. The van der Waals surface area contributed by atoms with Gasteiger partial charge >= 0.3 is 0 Å². The molecule has 3 nitrogen and oxygen atoms in total. The number of nitrogens with one attached hydrogen (secondary N) is 1. The van der Waals surface area contributed by atoms with Gasteiger partial charge in [0, 0.05) is 17.0 Å². The van der Waals surface area contributed by atoms with Crippen LogP contribution in [0.4, 0.5) is 4.39 Å².